The third kappa shape index (κ3) is 4.50. The number of methoxy groups -OCH3 is 1. The smallest absolute Gasteiger partial charge is 0.0762 e. The number of aromatic nitrogens is 2. The van der Waals surface area contributed by atoms with Crippen LogP contribution in [0.3, 0.4) is 0 Å². The number of rotatable bonds is 7. The summed E-state index contributed by atoms with van der Waals surface area (Å²) in [7, 11) is 1.71. The summed E-state index contributed by atoms with van der Waals surface area (Å²) in [5, 5.41) is 7.83. The first-order valence-corrected chi connectivity index (χ1v) is 6.55. The van der Waals surface area contributed by atoms with E-state index in [1.165, 1.54) is 11.1 Å². The molecule has 0 aliphatic heterocycles. The summed E-state index contributed by atoms with van der Waals surface area (Å²) >= 11 is 0. The summed E-state index contributed by atoms with van der Waals surface area (Å²) in [6.45, 7) is 5.27. The maximum Gasteiger partial charge on any atom is 0.0762 e. The molecule has 0 aliphatic carbocycles. The number of nitrogens with zero attached hydrogens (tertiary/aromatic N) is 2. The van der Waals surface area contributed by atoms with E-state index in [4.69, 9.17) is 4.74 Å². The second kappa shape index (κ2) is 7.07. The van der Waals surface area contributed by atoms with Gasteiger partial charge in [0.05, 0.1) is 18.8 Å². The Morgan fingerprint density at radius 3 is 2.74 bits per heavy atom. The molecule has 0 amide bonds. The molecule has 0 fully saturated rings. The van der Waals surface area contributed by atoms with Crippen LogP contribution in [0.25, 0.3) is 0 Å². The highest BCUT2D eigenvalue weighted by molar-refractivity contribution is 5.21. The Labute approximate surface area is 114 Å². The van der Waals surface area contributed by atoms with Crippen molar-refractivity contribution in [2.24, 2.45) is 0 Å². The quantitative estimate of drug-likeness (QED) is 0.773. The maximum atomic E-state index is 4.99. The largest absolute Gasteiger partial charge is 0.383 e. The van der Waals surface area contributed by atoms with Crippen molar-refractivity contribution in [3.8, 4) is 0 Å². The predicted molar refractivity (Wildman–Crippen MR) is 76.1 cm³/mol. The molecule has 0 saturated heterocycles. The van der Waals surface area contributed by atoms with E-state index >= 15 is 0 Å². The van der Waals surface area contributed by atoms with Gasteiger partial charge in [0.25, 0.3) is 0 Å². The molecule has 0 aliphatic rings. The van der Waals surface area contributed by atoms with Crippen molar-refractivity contribution in [1.82, 2.24) is 15.1 Å². The number of ether oxygens (including phenoxy) is 1. The Morgan fingerprint density at radius 2 is 2.00 bits per heavy atom. The van der Waals surface area contributed by atoms with E-state index in [1.54, 1.807) is 7.11 Å². The van der Waals surface area contributed by atoms with E-state index in [9.17, 15) is 0 Å². The summed E-state index contributed by atoms with van der Waals surface area (Å²) in [5.74, 6) is 0. The average Bonchev–Trinajstić information content (AvgIpc) is 2.85. The molecule has 1 aromatic carbocycles. The van der Waals surface area contributed by atoms with Crippen LogP contribution in [0.15, 0.2) is 36.5 Å². The van der Waals surface area contributed by atoms with Crippen LogP contribution in [0.4, 0.5) is 0 Å². The summed E-state index contributed by atoms with van der Waals surface area (Å²) in [6.07, 6.45) is 2.02. The first-order chi connectivity index (χ1) is 9.28. The molecule has 2 rings (SSSR count). The van der Waals surface area contributed by atoms with Crippen LogP contribution < -0.4 is 5.32 Å². The standard InChI is InChI=1S/C15H21N3O/c1-13-3-5-14(6-4-13)12-18-9-7-15(17-18)11-16-8-10-19-2/h3-7,9,16H,8,10-12H2,1-2H3. The van der Waals surface area contributed by atoms with Gasteiger partial charge >= 0.3 is 0 Å². The van der Waals surface area contributed by atoms with Gasteiger partial charge in [-0.05, 0) is 18.6 Å². The molecule has 1 aromatic heterocycles. The van der Waals surface area contributed by atoms with Crippen molar-refractivity contribution in [3.63, 3.8) is 0 Å². The van der Waals surface area contributed by atoms with Crippen molar-refractivity contribution in [2.75, 3.05) is 20.3 Å². The fraction of sp³-hybridized carbons (Fsp3) is 0.400. The minimum absolute atomic E-state index is 0.726. The van der Waals surface area contributed by atoms with E-state index in [1.807, 2.05) is 16.9 Å². The van der Waals surface area contributed by atoms with Gasteiger partial charge < -0.3 is 10.1 Å². The Bertz CT molecular complexity index is 490. The molecule has 4 heteroatoms. The average molecular weight is 259 g/mol. The number of hydrogen-bond acceptors (Lipinski definition) is 3. The van der Waals surface area contributed by atoms with Gasteiger partial charge in [-0.1, -0.05) is 29.8 Å². The van der Waals surface area contributed by atoms with E-state index < -0.39 is 0 Å². The van der Waals surface area contributed by atoms with Crippen LogP contribution in [0.2, 0.25) is 0 Å². The summed E-state index contributed by atoms with van der Waals surface area (Å²) < 4.78 is 6.96. The van der Waals surface area contributed by atoms with Crippen LogP contribution in [0, 0.1) is 6.92 Å². The van der Waals surface area contributed by atoms with Crippen molar-refractivity contribution in [2.45, 2.75) is 20.0 Å². The predicted octanol–water partition coefficient (Wildman–Crippen LogP) is 1.98. The van der Waals surface area contributed by atoms with Gasteiger partial charge in [-0.2, -0.15) is 5.10 Å². The van der Waals surface area contributed by atoms with Gasteiger partial charge in [0, 0.05) is 26.4 Å². The molecule has 1 heterocycles. The zero-order valence-corrected chi connectivity index (χ0v) is 11.6. The van der Waals surface area contributed by atoms with E-state index in [0.29, 0.717) is 0 Å². The van der Waals surface area contributed by atoms with Crippen LogP contribution in [0.1, 0.15) is 16.8 Å². The number of aryl methyl sites for hydroxylation is 1. The Morgan fingerprint density at radius 1 is 1.21 bits per heavy atom. The Balaban J connectivity index is 1.85. The summed E-state index contributed by atoms with van der Waals surface area (Å²) in [4.78, 5) is 0. The van der Waals surface area contributed by atoms with Gasteiger partial charge in [0.2, 0.25) is 0 Å². The summed E-state index contributed by atoms with van der Waals surface area (Å²) in [6, 6.07) is 10.6. The fourth-order valence-electron chi connectivity index (χ4n) is 1.86. The van der Waals surface area contributed by atoms with Crippen LogP contribution in [0.5, 0.6) is 0 Å². The molecule has 2 aromatic rings. The second-order valence-corrected chi connectivity index (χ2v) is 4.66. The van der Waals surface area contributed by atoms with E-state index in [0.717, 1.165) is 31.9 Å². The fourth-order valence-corrected chi connectivity index (χ4v) is 1.86. The molecule has 0 unspecified atom stereocenters. The maximum absolute atomic E-state index is 4.99. The third-order valence-electron chi connectivity index (χ3n) is 2.95. The Hall–Kier alpha value is -1.65. The highest BCUT2D eigenvalue weighted by atomic mass is 16.5. The molecule has 102 valence electrons. The first kappa shape index (κ1) is 13.8. The van der Waals surface area contributed by atoms with E-state index in [2.05, 4.69) is 41.6 Å². The van der Waals surface area contributed by atoms with Crippen molar-refractivity contribution in [1.29, 1.82) is 0 Å². The molecule has 0 spiro atoms. The number of nitrogens with one attached hydrogen (secondary N) is 1. The molecule has 0 atom stereocenters. The van der Waals surface area contributed by atoms with Crippen molar-refractivity contribution in [3.05, 3.63) is 53.3 Å². The third-order valence-corrected chi connectivity index (χ3v) is 2.95. The second-order valence-electron chi connectivity index (χ2n) is 4.66. The molecular formula is C15H21N3O. The lowest BCUT2D eigenvalue weighted by molar-refractivity contribution is 0.199. The van der Waals surface area contributed by atoms with E-state index in [-0.39, 0.29) is 0 Å². The van der Waals surface area contributed by atoms with Gasteiger partial charge in [0.15, 0.2) is 0 Å². The molecule has 0 saturated carbocycles. The lowest BCUT2D eigenvalue weighted by atomic mass is 10.1. The van der Waals surface area contributed by atoms with Crippen LogP contribution >= 0.6 is 0 Å². The van der Waals surface area contributed by atoms with Crippen molar-refractivity contribution >= 4 is 0 Å². The molecule has 4 nitrogen and oxygen atoms in total. The van der Waals surface area contributed by atoms with Gasteiger partial charge in [-0.3, -0.25) is 4.68 Å². The lowest BCUT2D eigenvalue weighted by Gasteiger charge is -2.03. The minimum atomic E-state index is 0.726. The first-order valence-electron chi connectivity index (χ1n) is 6.55. The Kier molecular flexibility index (Phi) is 5.12. The zero-order valence-electron chi connectivity index (χ0n) is 11.6. The molecule has 1 N–H and O–H groups in total. The number of hydrogen-bond donors (Lipinski definition) is 1. The highest BCUT2D eigenvalue weighted by Gasteiger charge is 2.00. The van der Waals surface area contributed by atoms with Crippen molar-refractivity contribution < 1.29 is 4.74 Å². The molecular weight excluding hydrogens is 238 g/mol. The van der Waals surface area contributed by atoms with Crippen LogP contribution in [-0.4, -0.2) is 30.0 Å². The summed E-state index contributed by atoms with van der Waals surface area (Å²) in [5.41, 5.74) is 3.61. The molecule has 19 heavy (non-hydrogen) atoms. The number of benzene rings is 1. The SMILES string of the molecule is COCCNCc1ccn(Cc2ccc(C)cc2)n1. The monoisotopic (exact) mass is 259 g/mol. The topological polar surface area (TPSA) is 39.1 Å². The zero-order chi connectivity index (χ0) is 13.5. The normalized spacial score (nSPS) is 10.8. The molecule has 0 radical (unpaired) electrons. The molecule has 0 bridgehead atoms. The van der Waals surface area contributed by atoms with Crippen LogP contribution in [-0.2, 0) is 17.8 Å². The van der Waals surface area contributed by atoms with Gasteiger partial charge in [0.1, 0.15) is 0 Å². The lowest BCUT2D eigenvalue weighted by Crippen LogP contribution is -2.19. The van der Waals surface area contributed by atoms with Gasteiger partial charge in [-0.15, -0.1) is 0 Å². The van der Waals surface area contributed by atoms with Gasteiger partial charge in [-0.25, -0.2) is 0 Å². The minimum Gasteiger partial charge on any atom is -0.383 e. The highest BCUT2D eigenvalue weighted by Crippen LogP contribution is 2.05.